The number of carbonyl (C=O) groups is 1. The summed E-state index contributed by atoms with van der Waals surface area (Å²) in [4.78, 5) is 14.8. The first-order valence-corrected chi connectivity index (χ1v) is 5.31. The standard InChI is InChI=1S/C12H13NO4/c1-6(14)8-5-9(12(16)17)13-11-7(8)3-2-4-10(11)15/h2-3,5-6,10,14-15H,4H2,1H3,(H,16,17). The molecule has 0 saturated heterocycles. The Balaban J connectivity index is 2.67. The van der Waals surface area contributed by atoms with Crippen molar-refractivity contribution in [1.29, 1.82) is 0 Å². The van der Waals surface area contributed by atoms with E-state index in [0.29, 0.717) is 23.2 Å². The molecular weight excluding hydrogens is 222 g/mol. The van der Waals surface area contributed by atoms with Gasteiger partial charge in [0, 0.05) is 5.56 Å². The lowest BCUT2D eigenvalue weighted by molar-refractivity contribution is 0.0688. The normalized spacial score (nSPS) is 19.8. The quantitative estimate of drug-likeness (QED) is 0.718. The van der Waals surface area contributed by atoms with Gasteiger partial charge in [-0.05, 0) is 25.0 Å². The summed E-state index contributed by atoms with van der Waals surface area (Å²) in [6, 6.07) is 1.34. The van der Waals surface area contributed by atoms with Gasteiger partial charge in [-0.2, -0.15) is 0 Å². The van der Waals surface area contributed by atoms with Gasteiger partial charge in [0.05, 0.1) is 11.8 Å². The molecule has 0 saturated carbocycles. The lowest BCUT2D eigenvalue weighted by Gasteiger charge is -2.20. The molecule has 1 aromatic heterocycles. The summed E-state index contributed by atoms with van der Waals surface area (Å²) < 4.78 is 0. The molecule has 0 bridgehead atoms. The van der Waals surface area contributed by atoms with E-state index in [9.17, 15) is 15.0 Å². The van der Waals surface area contributed by atoms with Gasteiger partial charge in [-0.1, -0.05) is 12.2 Å². The third-order valence-corrected chi connectivity index (χ3v) is 2.75. The first-order chi connectivity index (χ1) is 8.00. The van der Waals surface area contributed by atoms with Crippen molar-refractivity contribution in [2.45, 2.75) is 25.6 Å². The van der Waals surface area contributed by atoms with Crippen molar-refractivity contribution in [3.05, 3.63) is 34.7 Å². The molecule has 2 unspecified atom stereocenters. The van der Waals surface area contributed by atoms with Crippen LogP contribution in [0.2, 0.25) is 0 Å². The number of fused-ring (bicyclic) bond motifs is 1. The maximum Gasteiger partial charge on any atom is 0.354 e. The number of aromatic nitrogens is 1. The van der Waals surface area contributed by atoms with Gasteiger partial charge in [-0.3, -0.25) is 0 Å². The highest BCUT2D eigenvalue weighted by Crippen LogP contribution is 2.31. The number of pyridine rings is 1. The van der Waals surface area contributed by atoms with Crippen molar-refractivity contribution in [2.24, 2.45) is 0 Å². The molecule has 1 aromatic rings. The van der Waals surface area contributed by atoms with Crippen molar-refractivity contribution >= 4 is 12.0 Å². The third kappa shape index (κ3) is 2.07. The molecule has 0 spiro atoms. The van der Waals surface area contributed by atoms with Gasteiger partial charge in [0.2, 0.25) is 0 Å². The number of carboxylic acids is 1. The minimum absolute atomic E-state index is 0.158. The van der Waals surface area contributed by atoms with E-state index >= 15 is 0 Å². The molecule has 2 atom stereocenters. The molecule has 3 N–H and O–H groups in total. The Hall–Kier alpha value is -1.72. The fourth-order valence-electron chi connectivity index (χ4n) is 1.91. The maximum absolute atomic E-state index is 10.9. The molecule has 0 aromatic carbocycles. The zero-order valence-corrected chi connectivity index (χ0v) is 9.29. The van der Waals surface area contributed by atoms with Crippen LogP contribution in [-0.2, 0) is 0 Å². The number of hydrogen-bond donors (Lipinski definition) is 3. The van der Waals surface area contributed by atoms with Crippen LogP contribution < -0.4 is 0 Å². The summed E-state index contributed by atoms with van der Waals surface area (Å²) >= 11 is 0. The number of rotatable bonds is 2. The van der Waals surface area contributed by atoms with Gasteiger partial charge in [-0.25, -0.2) is 9.78 Å². The van der Waals surface area contributed by atoms with Crippen molar-refractivity contribution < 1.29 is 20.1 Å². The number of carboxylic acid groups (broad SMARTS) is 1. The van der Waals surface area contributed by atoms with Gasteiger partial charge in [0.1, 0.15) is 11.8 Å². The fraction of sp³-hybridized carbons (Fsp3) is 0.333. The number of nitrogens with zero attached hydrogens (tertiary/aromatic N) is 1. The van der Waals surface area contributed by atoms with E-state index in [1.165, 1.54) is 6.07 Å². The average Bonchev–Trinajstić information content (AvgIpc) is 2.28. The Morgan fingerprint density at radius 2 is 2.29 bits per heavy atom. The SMILES string of the molecule is CC(O)c1cc(C(=O)O)nc2c1C=CCC2O. The van der Waals surface area contributed by atoms with Crippen LogP contribution in [0.25, 0.3) is 6.08 Å². The molecule has 0 fully saturated rings. The highest BCUT2D eigenvalue weighted by atomic mass is 16.4. The second-order valence-electron chi connectivity index (χ2n) is 4.03. The Bertz CT molecular complexity index is 494. The summed E-state index contributed by atoms with van der Waals surface area (Å²) in [7, 11) is 0. The average molecular weight is 235 g/mol. The Kier molecular flexibility index (Phi) is 2.95. The van der Waals surface area contributed by atoms with Crippen LogP contribution in [0, 0.1) is 0 Å². The highest BCUT2D eigenvalue weighted by molar-refractivity contribution is 5.86. The van der Waals surface area contributed by atoms with E-state index in [-0.39, 0.29) is 5.69 Å². The van der Waals surface area contributed by atoms with Gasteiger partial charge in [0.15, 0.2) is 0 Å². The van der Waals surface area contributed by atoms with Gasteiger partial charge < -0.3 is 15.3 Å². The Morgan fingerprint density at radius 1 is 1.59 bits per heavy atom. The zero-order chi connectivity index (χ0) is 12.6. The molecule has 1 heterocycles. The Labute approximate surface area is 98.1 Å². The first-order valence-electron chi connectivity index (χ1n) is 5.31. The van der Waals surface area contributed by atoms with Crippen LogP contribution in [0.4, 0.5) is 0 Å². The molecule has 90 valence electrons. The lowest BCUT2D eigenvalue weighted by Crippen LogP contribution is -2.14. The Morgan fingerprint density at radius 3 is 2.88 bits per heavy atom. The van der Waals surface area contributed by atoms with Crippen molar-refractivity contribution in [2.75, 3.05) is 0 Å². The van der Waals surface area contributed by atoms with Gasteiger partial charge in [-0.15, -0.1) is 0 Å². The van der Waals surface area contributed by atoms with E-state index in [1.54, 1.807) is 19.1 Å². The molecule has 0 amide bonds. The third-order valence-electron chi connectivity index (χ3n) is 2.75. The number of aliphatic hydroxyl groups excluding tert-OH is 2. The van der Waals surface area contributed by atoms with E-state index < -0.39 is 18.2 Å². The summed E-state index contributed by atoms with van der Waals surface area (Å²) in [5.41, 5.74) is 1.25. The molecule has 2 rings (SSSR count). The van der Waals surface area contributed by atoms with Crippen LogP contribution >= 0.6 is 0 Å². The predicted molar refractivity (Wildman–Crippen MR) is 60.4 cm³/mol. The number of hydrogen-bond acceptors (Lipinski definition) is 4. The maximum atomic E-state index is 10.9. The second-order valence-corrected chi connectivity index (χ2v) is 4.03. The van der Waals surface area contributed by atoms with Crippen LogP contribution in [-0.4, -0.2) is 26.3 Å². The van der Waals surface area contributed by atoms with Crippen LogP contribution in [0.15, 0.2) is 12.1 Å². The van der Waals surface area contributed by atoms with Gasteiger partial charge >= 0.3 is 5.97 Å². The molecule has 5 heteroatoms. The molecule has 1 aliphatic carbocycles. The first kappa shape index (κ1) is 11.8. The van der Waals surface area contributed by atoms with Gasteiger partial charge in [0.25, 0.3) is 0 Å². The fourth-order valence-corrected chi connectivity index (χ4v) is 1.91. The molecule has 17 heavy (non-hydrogen) atoms. The van der Waals surface area contributed by atoms with E-state index in [4.69, 9.17) is 5.11 Å². The van der Waals surface area contributed by atoms with Crippen LogP contribution in [0.3, 0.4) is 0 Å². The molecule has 5 nitrogen and oxygen atoms in total. The smallest absolute Gasteiger partial charge is 0.354 e. The summed E-state index contributed by atoms with van der Waals surface area (Å²) in [6.45, 7) is 1.55. The minimum atomic E-state index is -1.17. The molecule has 0 radical (unpaired) electrons. The highest BCUT2D eigenvalue weighted by Gasteiger charge is 2.23. The minimum Gasteiger partial charge on any atom is -0.477 e. The van der Waals surface area contributed by atoms with Crippen molar-refractivity contribution in [1.82, 2.24) is 4.98 Å². The van der Waals surface area contributed by atoms with E-state index in [0.717, 1.165) is 0 Å². The predicted octanol–water partition coefficient (Wildman–Crippen LogP) is 1.28. The summed E-state index contributed by atoms with van der Waals surface area (Å²) in [5, 5.41) is 28.4. The second kappa shape index (κ2) is 4.27. The lowest BCUT2D eigenvalue weighted by atomic mass is 9.93. The number of aromatic carboxylic acids is 1. The van der Waals surface area contributed by atoms with Crippen molar-refractivity contribution in [3.63, 3.8) is 0 Å². The zero-order valence-electron chi connectivity index (χ0n) is 9.29. The summed E-state index contributed by atoms with van der Waals surface area (Å²) in [5.74, 6) is -1.17. The molecule has 1 aliphatic rings. The van der Waals surface area contributed by atoms with Crippen molar-refractivity contribution in [3.8, 4) is 0 Å². The molecular formula is C12H13NO4. The molecule has 0 aliphatic heterocycles. The van der Waals surface area contributed by atoms with Crippen LogP contribution in [0.5, 0.6) is 0 Å². The summed E-state index contributed by atoms with van der Waals surface area (Å²) in [6.07, 6.45) is 2.32. The van der Waals surface area contributed by atoms with E-state index in [2.05, 4.69) is 4.98 Å². The largest absolute Gasteiger partial charge is 0.477 e. The topological polar surface area (TPSA) is 90.7 Å². The monoisotopic (exact) mass is 235 g/mol. The number of aliphatic hydroxyl groups is 2. The van der Waals surface area contributed by atoms with Crippen LogP contribution in [0.1, 0.15) is 52.9 Å². The van der Waals surface area contributed by atoms with E-state index in [1.807, 2.05) is 0 Å².